The molecule has 2 aromatic carbocycles. The molecule has 3 heteroatoms. The Balaban J connectivity index is 1.71. The summed E-state index contributed by atoms with van der Waals surface area (Å²) in [4.78, 5) is 12.0. The van der Waals surface area contributed by atoms with Crippen molar-refractivity contribution in [3.05, 3.63) is 83.7 Å². The summed E-state index contributed by atoms with van der Waals surface area (Å²) in [6.07, 6.45) is 1.51. The molecule has 0 spiro atoms. The van der Waals surface area contributed by atoms with E-state index in [-0.39, 0.29) is 11.8 Å². The van der Waals surface area contributed by atoms with Crippen molar-refractivity contribution in [2.45, 2.75) is 6.04 Å². The van der Waals surface area contributed by atoms with Crippen molar-refractivity contribution in [1.82, 2.24) is 5.32 Å². The van der Waals surface area contributed by atoms with Crippen LogP contribution in [-0.2, 0) is 4.74 Å². The van der Waals surface area contributed by atoms with Gasteiger partial charge in [0.25, 0.3) is 0 Å². The van der Waals surface area contributed by atoms with E-state index >= 15 is 0 Å². The molecular formula is C17H15NO2. The molecule has 1 N–H and O–H groups in total. The van der Waals surface area contributed by atoms with Gasteiger partial charge in [-0.2, -0.15) is 0 Å². The van der Waals surface area contributed by atoms with E-state index in [9.17, 15) is 4.79 Å². The maximum Gasteiger partial charge on any atom is 0.191 e. The average Bonchev–Trinajstić information content (AvgIpc) is 2.97. The SMILES string of the molecule is O=C(C=C1N[C@@H](c2ccccc2)CO1)c1ccccc1. The zero-order valence-corrected chi connectivity index (χ0v) is 11.0. The molecule has 1 aliphatic heterocycles. The summed E-state index contributed by atoms with van der Waals surface area (Å²) >= 11 is 0. The van der Waals surface area contributed by atoms with Gasteiger partial charge in [-0.3, -0.25) is 4.79 Å². The van der Waals surface area contributed by atoms with Gasteiger partial charge >= 0.3 is 0 Å². The van der Waals surface area contributed by atoms with Gasteiger partial charge < -0.3 is 10.1 Å². The summed E-state index contributed by atoms with van der Waals surface area (Å²) in [5, 5.41) is 3.23. The summed E-state index contributed by atoms with van der Waals surface area (Å²) in [5.74, 6) is 0.481. The quantitative estimate of drug-likeness (QED) is 0.684. The zero-order chi connectivity index (χ0) is 13.8. The Morgan fingerprint density at radius 3 is 2.40 bits per heavy atom. The average molecular weight is 265 g/mol. The van der Waals surface area contributed by atoms with E-state index in [0.717, 1.165) is 5.56 Å². The summed E-state index contributed by atoms with van der Waals surface area (Å²) in [6.45, 7) is 0.540. The van der Waals surface area contributed by atoms with Crippen LogP contribution in [0.2, 0.25) is 0 Å². The van der Waals surface area contributed by atoms with E-state index in [2.05, 4.69) is 5.32 Å². The molecule has 0 saturated carbocycles. The highest BCUT2D eigenvalue weighted by atomic mass is 16.5. The second-order valence-electron chi connectivity index (χ2n) is 4.66. The normalized spacial score (nSPS) is 19.4. The molecule has 100 valence electrons. The number of nitrogens with one attached hydrogen (secondary N) is 1. The van der Waals surface area contributed by atoms with Crippen molar-refractivity contribution in [3.8, 4) is 0 Å². The molecular weight excluding hydrogens is 250 g/mol. The molecule has 0 bridgehead atoms. The number of rotatable bonds is 3. The molecule has 1 atom stereocenters. The van der Waals surface area contributed by atoms with Gasteiger partial charge in [0.2, 0.25) is 0 Å². The third-order valence-electron chi connectivity index (χ3n) is 3.24. The fraction of sp³-hybridized carbons (Fsp3) is 0.118. The van der Waals surface area contributed by atoms with Crippen molar-refractivity contribution in [2.75, 3.05) is 6.61 Å². The number of carbonyl (C=O) groups is 1. The van der Waals surface area contributed by atoms with Crippen molar-refractivity contribution >= 4 is 5.78 Å². The van der Waals surface area contributed by atoms with Gasteiger partial charge in [0, 0.05) is 11.6 Å². The first-order valence-electron chi connectivity index (χ1n) is 6.58. The monoisotopic (exact) mass is 265 g/mol. The van der Waals surface area contributed by atoms with Crippen LogP contribution in [0.25, 0.3) is 0 Å². The van der Waals surface area contributed by atoms with Gasteiger partial charge in [-0.25, -0.2) is 0 Å². The van der Waals surface area contributed by atoms with Crippen molar-refractivity contribution in [2.24, 2.45) is 0 Å². The van der Waals surface area contributed by atoms with Gasteiger partial charge in [0.1, 0.15) is 6.61 Å². The van der Waals surface area contributed by atoms with Crippen LogP contribution in [0, 0.1) is 0 Å². The van der Waals surface area contributed by atoms with Crippen LogP contribution in [0.1, 0.15) is 22.0 Å². The molecule has 0 radical (unpaired) electrons. The largest absolute Gasteiger partial charge is 0.477 e. The standard InChI is InChI=1S/C17H15NO2/c19-16(14-9-5-2-6-10-14)11-17-18-15(12-20-17)13-7-3-1-4-8-13/h1-11,15,18H,12H2/t15-/m1/s1. The highest BCUT2D eigenvalue weighted by Crippen LogP contribution is 2.21. The molecule has 1 heterocycles. The van der Waals surface area contributed by atoms with Gasteiger partial charge in [-0.15, -0.1) is 0 Å². The Bertz CT molecular complexity index is 620. The molecule has 1 saturated heterocycles. The lowest BCUT2D eigenvalue weighted by atomic mass is 10.1. The van der Waals surface area contributed by atoms with Crippen LogP contribution in [0.5, 0.6) is 0 Å². The minimum Gasteiger partial charge on any atom is -0.477 e. The molecule has 3 rings (SSSR count). The van der Waals surface area contributed by atoms with Gasteiger partial charge in [-0.1, -0.05) is 60.7 Å². The molecule has 1 aliphatic rings. The first kappa shape index (κ1) is 12.5. The third-order valence-corrected chi connectivity index (χ3v) is 3.24. The Labute approximate surface area is 117 Å². The highest BCUT2D eigenvalue weighted by molar-refractivity contribution is 6.04. The summed E-state index contributed by atoms with van der Waals surface area (Å²) in [7, 11) is 0. The second kappa shape index (κ2) is 5.61. The van der Waals surface area contributed by atoms with E-state index in [1.54, 1.807) is 12.1 Å². The molecule has 1 fully saturated rings. The Morgan fingerprint density at radius 2 is 1.70 bits per heavy atom. The number of benzene rings is 2. The van der Waals surface area contributed by atoms with Gasteiger partial charge in [-0.05, 0) is 5.56 Å². The summed E-state index contributed by atoms with van der Waals surface area (Å²) in [5.41, 5.74) is 1.82. The zero-order valence-electron chi connectivity index (χ0n) is 11.0. The van der Waals surface area contributed by atoms with Crippen molar-refractivity contribution in [3.63, 3.8) is 0 Å². The Morgan fingerprint density at radius 1 is 1.05 bits per heavy atom. The highest BCUT2D eigenvalue weighted by Gasteiger charge is 2.21. The molecule has 0 aromatic heterocycles. The number of ether oxygens (including phenoxy) is 1. The smallest absolute Gasteiger partial charge is 0.191 e. The molecule has 0 amide bonds. The lowest BCUT2D eigenvalue weighted by Crippen LogP contribution is -2.14. The van der Waals surface area contributed by atoms with E-state index in [4.69, 9.17) is 4.74 Å². The number of carbonyl (C=O) groups excluding carboxylic acids is 1. The van der Waals surface area contributed by atoms with Crippen molar-refractivity contribution in [1.29, 1.82) is 0 Å². The molecule has 0 aliphatic carbocycles. The minimum absolute atomic E-state index is 0.0539. The van der Waals surface area contributed by atoms with Gasteiger partial charge in [0.05, 0.1) is 6.04 Å². The van der Waals surface area contributed by atoms with Crippen LogP contribution in [-0.4, -0.2) is 12.4 Å². The third kappa shape index (κ3) is 2.72. The number of allylic oxidation sites excluding steroid dienone is 1. The summed E-state index contributed by atoms with van der Waals surface area (Å²) < 4.78 is 5.54. The molecule has 20 heavy (non-hydrogen) atoms. The molecule has 0 unspecified atom stereocenters. The topological polar surface area (TPSA) is 38.3 Å². The predicted octanol–water partition coefficient (Wildman–Crippen LogP) is 3.07. The van der Waals surface area contributed by atoms with Gasteiger partial charge in [0.15, 0.2) is 11.7 Å². The maximum absolute atomic E-state index is 12.0. The molecule has 2 aromatic rings. The molecule has 3 nitrogen and oxygen atoms in total. The van der Waals surface area contributed by atoms with Crippen LogP contribution >= 0.6 is 0 Å². The fourth-order valence-electron chi connectivity index (χ4n) is 2.18. The summed E-state index contributed by atoms with van der Waals surface area (Å²) in [6, 6.07) is 19.3. The van der Waals surface area contributed by atoms with E-state index in [1.165, 1.54) is 6.08 Å². The first-order valence-corrected chi connectivity index (χ1v) is 6.58. The van der Waals surface area contributed by atoms with Crippen LogP contribution in [0.4, 0.5) is 0 Å². The fourth-order valence-corrected chi connectivity index (χ4v) is 2.18. The second-order valence-corrected chi connectivity index (χ2v) is 4.66. The van der Waals surface area contributed by atoms with E-state index in [1.807, 2.05) is 48.5 Å². The van der Waals surface area contributed by atoms with E-state index in [0.29, 0.717) is 18.1 Å². The lowest BCUT2D eigenvalue weighted by molar-refractivity contribution is 0.104. The van der Waals surface area contributed by atoms with Crippen LogP contribution < -0.4 is 5.32 Å². The minimum atomic E-state index is -0.0539. The van der Waals surface area contributed by atoms with E-state index < -0.39 is 0 Å². The first-order chi connectivity index (χ1) is 9.83. The number of hydrogen-bond donors (Lipinski definition) is 1. The number of ketones is 1. The Kier molecular flexibility index (Phi) is 3.50. The predicted molar refractivity (Wildman–Crippen MR) is 77.1 cm³/mol. The van der Waals surface area contributed by atoms with Crippen molar-refractivity contribution < 1.29 is 9.53 Å². The Hall–Kier alpha value is -2.55. The van der Waals surface area contributed by atoms with Crippen LogP contribution in [0.3, 0.4) is 0 Å². The number of hydrogen-bond acceptors (Lipinski definition) is 3. The lowest BCUT2D eigenvalue weighted by Gasteiger charge is -2.07. The maximum atomic E-state index is 12.0. The van der Waals surface area contributed by atoms with Crippen LogP contribution in [0.15, 0.2) is 72.6 Å².